The summed E-state index contributed by atoms with van der Waals surface area (Å²) in [4.78, 5) is 66.9. The third-order valence-corrected chi connectivity index (χ3v) is 11.6. The van der Waals surface area contributed by atoms with Gasteiger partial charge in [-0.1, -0.05) is 50.2 Å². The summed E-state index contributed by atoms with van der Waals surface area (Å²) in [6.07, 6.45) is 7.43. The third kappa shape index (κ3) is 10.5. The molecule has 290 valence electrons. The minimum Gasteiger partial charge on any atom is -0.481 e. The second-order valence-corrected chi connectivity index (χ2v) is 16.0. The van der Waals surface area contributed by atoms with E-state index in [9.17, 15) is 29.1 Å². The normalized spacial score (nSPS) is 12.5. The standard InChI is InChI=1S/C44H51N3O7S/c1-5-34(6-2)47(37(48)26-44(3,4)43(53)54)27-30-13-10-14-32(25-30)39(49)46-41-38(35-15-7-8-16-36(35)55-41)40(50)45-33-23-19-29(20-24-33)12-9-11-28-17-21-31(22-18-28)42(51)52/h10,13-14,17-25,34H,5-9,11-12,15-16,26-27H2,1-4H3,(H,45,50)(H,46,49)(H,51,52)(H,53,54). The lowest BCUT2D eigenvalue weighted by molar-refractivity contribution is -0.152. The molecule has 5 rings (SSSR count). The predicted molar refractivity (Wildman–Crippen MR) is 216 cm³/mol. The number of amides is 3. The number of nitrogens with one attached hydrogen (secondary N) is 2. The summed E-state index contributed by atoms with van der Waals surface area (Å²) in [5.41, 5.74) is 4.55. The predicted octanol–water partition coefficient (Wildman–Crippen LogP) is 9.02. The van der Waals surface area contributed by atoms with E-state index in [-0.39, 0.29) is 42.3 Å². The van der Waals surface area contributed by atoms with Crippen LogP contribution in [0.3, 0.4) is 0 Å². The van der Waals surface area contributed by atoms with Gasteiger partial charge in [0.05, 0.1) is 16.5 Å². The van der Waals surface area contributed by atoms with E-state index in [2.05, 4.69) is 10.6 Å². The minimum absolute atomic E-state index is 0.0823. The van der Waals surface area contributed by atoms with Crippen molar-refractivity contribution in [2.45, 2.75) is 104 Å². The van der Waals surface area contributed by atoms with E-state index in [0.717, 1.165) is 72.1 Å². The van der Waals surface area contributed by atoms with E-state index >= 15 is 0 Å². The van der Waals surface area contributed by atoms with Gasteiger partial charge in [-0.2, -0.15) is 0 Å². The second-order valence-electron chi connectivity index (χ2n) is 14.9. The van der Waals surface area contributed by atoms with Gasteiger partial charge in [0, 0.05) is 35.1 Å². The molecular formula is C44H51N3O7S. The van der Waals surface area contributed by atoms with Gasteiger partial charge in [0.1, 0.15) is 5.00 Å². The first kappa shape index (κ1) is 40.9. The maximum atomic E-state index is 13.9. The molecule has 0 spiro atoms. The average Bonchev–Trinajstić information content (AvgIpc) is 3.53. The van der Waals surface area contributed by atoms with Gasteiger partial charge < -0.3 is 25.7 Å². The Hall–Kier alpha value is -5.29. The van der Waals surface area contributed by atoms with Crippen LogP contribution in [0.4, 0.5) is 10.7 Å². The molecule has 0 saturated carbocycles. The number of carbonyl (C=O) groups excluding carboxylic acids is 3. The molecule has 10 nitrogen and oxygen atoms in total. The lowest BCUT2D eigenvalue weighted by atomic mass is 9.88. The van der Waals surface area contributed by atoms with Crippen molar-refractivity contribution >= 4 is 51.7 Å². The summed E-state index contributed by atoms with van der Waals surface area (Å²) in [5.74, 6) is -2.84. The SMILES string of the molecule is CCC(CC)N(Cc1cccc(C(=O)Nc2sc3c(c2C(=O)Nc2ccc(CCCc4ccc(C(=O)O)cc4)cc2)CCCC3)c1)C(=O)CC(C)(C)C(=O)O. The first-order chi connectivity index (χ1) is 26.3. The van der Waals surface area contributed by atoms with Crippen molar-refractivity contribution in [3.8, 4) is 0 Å². The molecule has 0 atom stereocenters. The maximum Gasteiger partial charge on any atom is 0.335 e. The number of anilines is 2. The Morgan fingerprint density at radius 1 is 0.782 bits per heavy atom. The summed E-state index contributed by atoms with van der Waals surface area (Å²) in [7, 11) is 0. The van der Waals surface area contributed by atoms with Crippen LogP contribution >= 0.6 is 11.3 Å². The highest BCUT2D eigenvalue weighted by atomic mass is 32.1. The van der Waals surface area contributed by atoms with Crippen LogP contribution in [0.25, 0.3) is 0 Å². The number of carbonyl (C=O) groups is 5. The fraction of sp³-hybridized carbons (Fsp3) is 0.386. The molecule has 1 aliphatic rings. The van der Waals surface area contributed by atoms with E-state index in [1.807, 2.05) is 56.3 Å². The van der Waals surface area contributed by atoms with Crippen LogP contribution < -0.4 is 10.6 Å². The Kier molecular flexibility index (Phi) is 13.6. The molecule has 0 saturated heterocycles. The molecule has 0 radical (unpaired) electrons. The Morgan fingerprint density at radius 2 is 1.42 bits per heavy atom. The number of rotatable bonds is 17. The lowest BCUT2D eigenvalue weighted by Crippen LogP contribution is -2.42. The number of aromatic carboxylic acids is 1. The van der Waals surface area contributed by atoms with Gasteiger partial charge in [-0.15, -0.1) is 11.3 Å². The number of fused-ring (bicyclic) bond motifs is 1. The van der Waals surface area contributed by atoms with Crippen LogP contribution in [0.15, 0.2) is 72.8 Å². The third-order valence-electron chi connectivity index (χ3n) is 10.4. The summed E-state index contributed by atoms with van der Waals surface area (Å²) >= 11 is 1.45. The number of carboxylic acid groups (broad SMARTS) is 2. The van der Waals surface area contributed by atoms with E-state index in [0.29, 0.717) is 34.7 Å². The van der Waals surface area contributed by atoms with Crippen molar-refractivity contribution < 1.29 is 34.2 Å². The molecule has 3 aromatic carbocycles. The Balaban J connectivity index is 1.27. The van der Waals surface area contributed by atoms with Crippen molar-refractivity contribution in [1.29, 1.82) is 0 Å². The fourth-order valence-electron chi connectivity index (χ4n) is 7.04. The van der Waals surface area contributed by atoms with Gasteiger partial charge in [0.15, 0.2) is 0 Å². The van der Waals surface area contributed by atoms with Gasteiger partial charge in [0.25, 0.3) is 11.8 Å². The summed E-state index contributed by atoms with van der Waals surface area (Å²) in [6, 6.07) is 21.7. The van der Waals surface area contributed by atoms with Crippen molar-refractivity contribution in [2.24, 2.45) is 5.41 Å². The quantitative estimate of drug-likeness (QED) is 0.0837. The largest absolute Gasteiger partial charge is 0.481 e. The zero-order valence-corrected chi connectivity index (χ0v) is 32.9. The van der Waals surface area contributed by atoms with Crippen molar-refractivity contribution in [3.05, 3.63) is 117 Å². The number of nitrogens with zero attached hydrogens (tertiary/aromatic N) is 1. The number of carboxylic acids is 2. The van der Waals surface area contributed by atoms with E-state index in [1.54, 1.807) is 49.1 Å². The van der Waals surface area contributed by atoms with Crippen LogP contribution in [-0.4, -0.2) is 50.8 Å². The molecule has 0 fully saturated rings. The molecule has 11 heteroatoms. The van der Waals surface area contributed by atoms with Crippen LogP contribution in [0.1, 0.15) is 124 Å². The maximum absolute atomic E-state index is 13.9. The smallest absolute Gasteiger partial charge is 0.335 e. The summed E-state index contributed by atoms with van der Waals surface area (Å²) in [5, 5.41) is 25.4. The molecule has 0 aliphatic heterocycles. The first-order valence-electron chi connectivity index (χ1n) is 19.1. The summed E-state index contributed by atoms with van der Waals surface area (Å²) in [6.45, 7) is 7.34. The fourth-order valence-corrected chi connectivity index (χ4v) is 8.32. The Bertz CT molecular complexity index is 2010. The molecule has 4 aromatic rings. The van der Waals surface area contributed by atoms with Crippen LogP contribution in [0.5, 0.6) is 0 Å². The van der Waals surface area contributed by atoms with Gasteiger partial charge in [-0.05, 0) is 130 Å². The molecule has 55 heavy (non-hydrogen) atoms. The van der Waals surface area contributed by atoms with Crippen molar-refractivity contribution in [1.82, 2.24) is 4.90 Å². The highest BCUT2D eigenvalue weighted by Gasteiger charge is 2.34. The van der Waals surface area contributed by atoms with E-state index in [4.69, 9.17) is 5.11 Å². The Labute approximate surface area is 327 Å². The van der Waals surface area contributed by atoms with E-state index in [1.165, 1.54) is 11.3 Å². The molecule has 1 aromatic heterocycles. The number of benzene rings is 3. The number of hydrogen-bond donors (Lipinski definition) is 4. The van der Waals surface area contributed by atoms with Gasteiger partial charge in [0.2, 0.25) is 5.91 Å². The summed E-state index contributed by atoms with van der Waals surface area (Å²) < 4.78 is 0. The lowest BCUT2D eigenvalue weighted by Gasteiger charge is -2.33. The number of hydrogen-bond acceptors (Lipinski definition) is 6. The number of thiophene rings is 1. The first-order valence-corrected chi connectivity index (χ1v) is 19.9. The molecule has 1 aliphatic carbocycles. The molecule has 4 N–H and O–H groups in total. The number of aryl methyl sites for hydroxylation is 3. The zero-order valence-electron chi connectivity index (χ0n) is 32.1. The molecule has 3 amide bonds. The number of aliphatic carboxylic acids is 1. The van der Waals surface area contributed by atoms with Crippen molar-refractivity contribution in [3.63, 3.8) is 0 Å². The monoisotopic (exact) mass is 765 g/mol. The van der Waals surface area contributed by atoms with Crippen LogP contribution in [0, 0.1) is 5.41 Å². The second kappa shape index (κ2) is 18.4. The van der Waals surface area contributed by atoms with Gasteiger partial charge in [-0.3, -0.25) is 19.2 Å². The van der Waals surface area contributed by atoms with Gasteiger partial charge >= 0.3 is 11.9 Å². The van der Waals surface area contributed by atoms with Gasteiger partial charge in [-0.25, -0.2) is 4.79 Å². The zero-order chi connectivity index (χ0) is 39.7. The van der Waals surface area contributed by atoms with Crippen LogP contribution in [0.2, 0.25) is 0 Å². The molecule has 0 bridgehead atoms. The molecular weight excluding hydrogens is 715 g/mol. The molecule has 1 heterocycles. The topological polar surface area (TPSA) is 153 Å². The van der Waals surface area contributed by atoms with E-state index < -0.39 is 17.4 Å². The highest BCUT2D eigenvalue weighted by Crippen LogP contribution is 2.39. The minimum atomic E-state index is -1.21. The Morgan fingerprint density at radius 3 is 2.04 bits per heavy atom. The molecule has 0 unspecified atom stereocenters. The van der Waals surface area contributed by atoms with Crippen molar-refractivity contribution in [2.75, 3.05) is 10.6 Å². The highest BCUT2D eigenvalue weighted by molar-refractivity contribution is 7.17. The average molecular weight is 766 g/mol. The van der Waals surface area contributed by atoms with Crippen LogP contribution in [-0.2, 0) is 41.8 Å².